The summed E-state index contributed by atoms with van der Waals surface area (Å²) in [7, 11) is 0. The van der Waals surface area contributed by atoms with Gasteiger partial charge in [-0.25, -0.2) is 4.79 Å². The van der Waals surface area contributed by atoms with Gasteiger partial charge in [0.1, 0.15) is 5.56 Å². The molecule has 0 bridgehead atoms. The number of carboxylic acids is 1. The number of carbonyl (C=O) groups excluding carboxylic acids is 1. The van der Waals surface area contributed by atoms with Gasteiger partial charge >= 0.3 is 5.97 Å². The number of amides is 1. The Labute approximate surface area is 126 Å². The van der Waals surface area contributed by atoms with E-state index in [-0.39, 0.29) is 28.2 Å². The molecule has 20 heavy (non-hydrogen) atoms. The monoisotopic (exact) mass is 314 g/mol. The molecule has 1 unspecified atom stereocenters. The smallest absolute Gasteiger partial charge is 0.339 e. The van der Waals surface area contributed by atoms with Crippen LogP contribution in [0, 0.1) is 0 Å². The van der Waals surface area contributed by atoms with Crippen molar-refractivity contribution in [1.82, 2.24) is 5.32 Å². The molecule has 5 nitrogen and oxygen atoms in total. The minimum atomic E-state index is -1.16. The van der Waals surface area contributed by atoms with E-state index in [1.165, 1.54) is 12.1 Å². The lowest BCUT2D eigenvalue weighted by Gasteiger charge is -2.22. The zero-order chi connectivity index (χ0) is 14.5. The molecule has 7 heteroatoms. The molecular formula is C13H15ClN2O3S. The second-order valence-corrected chi connectivity index (χ2v) is 6.00. The van der Waals surface area contributed by atoms with Gasteiger partial charge in [-0.1, -0.05) is 17.7 Å². The first-order valence-corrected chi connectivity index (χ1v) is 7.74. The van der Waals surface area contributed by atoms with Crippen LogP contribution in [0.25, 0.3) is 0 Å². The molecular weight excluding hydrogens is 300 g/mol. The number of carboxylic acid groups (broad SMARTS) is 1. The number of halogens is 1. The Kier molecular flexibility index (Phi) is 5.28. The van der Waals surface area contributed by atoms with Gasteiger partial charge in [0, 0.05) is 30.5 Å². The molecule has 1 fully saturated rings. The summed E-state index contributed by atoms with van der Waals surface area (Å²) < 4.78 is 0. The molecule has 0 aliphatic carbocycles. The number of anilines is 1. The lowest BCUT2D eigenvalue weighted by Crippen LogP contribution is -2.40. The van der Waals surface area contributed by atoms with Crippen molar-refractivity contribution in [3.63, 3.8) is 0 Å². The van der Waals surface area contributed by atoms with Crippen LogP contribution < -0.4 is 10.6 Å². The highest BCUT2D eigenvalue weighted by molar-refractivity contribution is 7.99. The van der Waals surface area contributed by atoms with Crippen molar-refractivity contribution in [3.8, 4) is 0 Å². The van der Waals surface area contributed by atoms with Crippen molar-refractivity contribution in [2.75, 3.05) is 23.4 Å². The van der Waals surface area contributed by atoms with Crippen molar-refractivity contribution in [2.45, 2.75) is 12.5 Å². The van der Waals surface area contributed by atoms with Crippen LogP contribution in [0.2, 0.25) is 5.02 Å². The van der Waals surface area contributed by atoms with Gasteiger partial charge in [-0.2, -0.15) is 11.8 Å². The third kappa shape index (κ3) is 3.88. The van der Waals surface area contributed by atoms with Gasteiger partial charge in [-0.05, 0) is 12.1 Å². The SMILES string of the molecule is O=C(CC1CSCCN1)Nc1cccc(Cl)c1C(=O)O. The van der Waals surface area contributed by atoms with E-state index in [0.29, 0.717) is 6.42 Å². The summed E-state index contributed by atoms with van der Waals surface area (Å²) in [6, 6.07) is 4.76. The maximum atomic E-state index is 12.0. The van der Waals surface area contributed by atoms with Crippen molar-refractivity contribution in [1.29, 1.82) is 0 Å². The Morgan fingerprint density at radius 1 is 1.50 bits per heavy atom. The Bertz CT molecular complexity index is 518. The lowest BCUT2D eigenvalue weighted by molar-refractivity contribution is -0.116. The van der Waals surface area contributed by atoms with E-state index in [2.05, 4.69) is 10.6 Å². The average Bonchev–Trinajstić information content (AvgIpc) is 2.39. The Morgan fingerprint density at radius 2 is 2.30 bits per heavy atom. The van der Waals surface area contributed by atoms with Gasteiger partial charge in [0.15, 0.2) is 0 Å². The summed E-state index contributed by atoms with van der Waals surface area (Å²) in [5.74, 6) is 0.566. The molecule has 1 aliphatic rings. The van der Waals surface area contributed by atoms with Crippen LogP contribution >= 0.6 is 23.4 Å². The molecule has 1 saturated heterocycles. The first-order valence-electron chi connectivity index (χ1n) is 6.20. The summed E-state index contributed by atoms with van der Waals surface area (Å²) >= 11 is 7.66. The van der Waals surface area contributed by atoms with E-state index < -0.39 is 5.97 Å². The van der Waals surface area contributed by atoms with E-state index in [1.807, 2.05) is 0 Å². The summed E-state index contributed by atoms with van der Waals surface area (Å²) in [6.07, 6.45) is 0.318. The van der Waals surface area contributed by atoms with Gasteiger partial charge < -0.3 is 15.7 Å². The highest BCUT2D eigenvalue weighted by Gasteiger charge is 2.19. The number of hydrogen-bond donors (Lipinski definition) is 3. The van der Waals surface area contributed by atoms with Crippen LogP contribution in [0.1, 0.15) is 16.8 Å². The molecule has 0 spiro atoms. The van der Waals surface area contributed by atoms with Crippen LogP contribution in [0.3, 0.4) is 0 Å². The molecule has 108 valence electrons. The minimum Gasteiger partial charge on any atom is -0.478 e. The van der Waals surface area contributed by atoms with Gasteiger partial charge in [-0.15, -0.1) is 0 Å². The number of thioether (sulfide) groups is 1. The largest absolute Gasteiger partial charge is 0.478 e. The van der Waals surface area contributed by atoms with Gasteiger partial charge in [0.25, 0.3) is 0 Å². The van der Waals surface area contributed by atoms with Crippen LogP contribution in [0.5, 0.6) is 0 Å². The zero-order valence-corrected chi connectivity index (χ0v) is 12.3. The molecule has 1 aromatic carbocycles. The molecule has 1 aromatic rings. The van der Waals surface area contributed by atoms with Crippen molar-refractivity contribution in [3.05, 3.63) is 28.8 Å². The zero-order valence-electron chi connectivity index (χ0n) is 10.7. The van der Waals surface area contributed by atoms with E-state index in [9.17, 15) is 9.59 Å². The van der Waals surface area contributed by atoms with Crippen molar-refractivity contribution < 1.29 is 14.7 Å². The number of carbonyl (C=O) groups is 2. The Morgan fingerprint density at radius 3 is 2.95 bits per heavy atom. The quantitative estimate of drug-likeness (QED) is 0.793. The molecule has 1 amide bonds. The fourth-order valence-electron chi connectivity index (χ4n) is 2.02. The molecule has 0 aromatic heterocycles. The second-order valence-electron chi connectivity index (χ2n) is 4.45. The molecule has 1 atom stereocenters. The van der Waals surface area contributed by atoms with E-state index in [0.717, 1.165) is 18.1 Å². The highest BCUT2D eigenvalue weighted by Crippen LogP contribution is 2.24. The van der Waals surface area contributed by atoms with Crippen LogP contribution in [-0.4, -0.2) is 41.1 Å². The van der Waals surface area contributed by atoms with Crippen LogP contribution in [0.4, 0.5) is 5.69 Å². The Balaban J connectivity index is 2.04. The summed E-state index contributed by atoms with van der Waals surface area (Å²) in [5.41, 5.74) is 0.159. The fraction of sp³-hybridized carbons (Fsp3) is 0.385. The standard InChI is InChI=1S/C13H15ClN2O3S/c14-9-2-1-3-10(12(9)13(18)19)16-11(17)6-8-7-20-5-4-15-8/h1-3,8,15H,4-7H2,(H,16,17)(H,18,19). The van der Waals surface area contributed by atoms with Gasteiger partial charge in [0.2, 0.25) is 5.91 Å². The second kappa shape index (κ2) is 6.97. The van der Waals surface area contributed by atoms with Crippen molar-refractivity contribution >= 4 is 40.9 Å². The average molecular weight is 315 g/mol. The first kappa shape index (κ1) is 15.2. The maximum Gasteiger partial charge on any atom is 0.339 e. The van der Waals surface area contributed by atoms with Crippen molar-refractivity contribution in [2.24, 2.45) is 0 Å². The van der Waals surface area contributed by atoms with E-state index in [1.54, 1.807) is 17.8 Å². The minimum absolute atomic E-state index is 0.0755. The first-order chi connectivity index (χ1) is 9.58. The van der Waals surface area contributed by atoms with E-state index >= 15 is 0 Å². The van der Waals surface area contributed by atoms with Gasteiger partial charge in [0.05, 0.1) is 10.7 Å². The van der Waals surface area contributed by atoms with Crippen LogP contribution in [0.15, 0.2) is 18.2 Å². The third-order valence-corrected chi connectivity index (χ3v) is 4.38. The predicted molar refractivity (Wildman–Crippen MR) is 80.8 cm³/mol. The van der Waals surface area contributed by atoms with E-state index in [4.69, 9.17) is 16.7 Å². The fourth-order valence-corrected chi connectivity index (χ4v) is 3.23. The highest BCUT2D eigenvalue weighted by atomic mass is 35.5. The molecule has 1 aliphatic heterocycles. The van der Waals surface area contributed by atoms with Crippen LogP contribution in [-0.2, 0) is 4.79 Å². The lowest BCUT2D eigenvalue weighted by atomic mass is 10.1. The summed E-state index contributed by atoms with van der Waals surface area (Å²) in [5, 5.41) is 15.1. The normalized spacial score (nSPS) is 18.6. The number of benzene rings is 1. The molecule has 1 heterocycles. The maximum absolute atomic E-state index is 12.0. The summed E-state index contributed by atoms with van der Waals surface area (Å²) in [6.45, 7) is 0.889. The molecule has 0 radical (unpaired) electrons. The molecule has 3 N–H and O–H groups in total. The number of rotatable bonds is 4. The Hall–Kier alpha value is -1.24. The van der Waals surface area contributed by atoms with Gasteiger partial charge in [-0.3, -0.25) is 4.79 Å². The summed E-state index contributed by atoms with van der Waals surface area (Å²) in [4.78, 5) is 23.1. The number of hydrogen-bond acceptors (Lipinski definition) is 4. The number of nitrogens with one attached hydrogen (secondary N) is 2. The number of aromatic carboxylic acids is 1. The third-order valence-electron chi connectivity index (χ3n) is 2.93. The topological polar surface area (TPSA) is 78.4 Å². The predicted octanol–water partition coefficient (Wildman–Crippen LogP) is 2.07. The molecule has 2 rings (SSSR count). The molecule has 0 saturated carbocycles.